The molecule has 1 N–H and O–H groups in total. The van der Waals surface area contributed by atoms with Crippen molar-refractivity contribution in [3.63, 3.8) is 0 Å². The predicted molar refractivity (Wildman–Crippen MR) is 73.0 cm³/mol. The second-order valence-electron chi connectivity index (χ2n) is 5.14. The normalized spacial score (nSPS) is 23.4. The molecule has 0 spiro atoms. The van der Waals surface area contributed by atoms with E-state index in [2.05, 4.69) is 5.32 Å². The Kier molecular flexibility index (Phi) is 4.78. The lowest BCUT2D eigenvalue weighted by Crippen LogP contribution is -2.41. The molecular formula is C15H20F3NO. The largest absolute Gasteiger partial charge is 0.494 e. The van der Waals surface area contributed by atoms with Gasteiger partial charge in [0, 0.05) is 17.8 Å². The first-order valence-corrected chi connectivity index (χ1v) is 7.07. The molecule has 2 nitrogen and oxygen atoms in total. The number of alkyl halides is 3. The minimum atomic E-state index is -4.13. The van der Waals surface area contributed by atoms with E-state index in [1.807, 2.05) is 6.92 Å². The molecule has 20 heavy (non-hydrogen) atoms. The molecule has 2 atom stereocenters. The standard InChI is InChI=1S/C15H20F3NO/c1-2-20-12-7-5-6-11(10-12)19-14-9-4-3-8-13(14)15(16,17)18/h5-7,10,13-14,19H,2-4,8-9H2,1H3. The van der Waals surface area contributed by atoms with Crippen LogP contribution in [0.5, 0.6) is 5.75 Å². The number of rotatable bonds is 4. The summed E-state index contributed by atoms with van der Waals surface area (Å²) in [4.78, 5) is 0. The molecule has 0 aliphatic heterocycles. The quantitative estimate of drug-likeness (QED) is 0.872. The second kappa shape index (κ2) is 6.37. The third-order valence-corrected chi connectivity index (χ3v) is 3.68. The van der Waals surface area contributed by atoms with Crippen LogP contribution in [0.15, 0.2) is 24.3 Å². The first kappa shape index (κ1) is 15.0. The van der Waals surface area contributed by atoms with Crippen molar-refractivity contribution in [3.05, 3.63) is 24.3 Å². The maximum absolute atomic E-state index is 13.0. The first-order chi connectivity index (χ1) is 9.50. The summed E-state index contributed by atoms with van der Waals surface area (Å²) in [7, 11) is 0. The highest BCUT2D eigenvalue weighted by molar-refractivity contribution is 5.49. The summed E-state index contributed by atoms with van der Waals surface area (Å²) in [5, 5.41) is 3.04. The monoisotopic (exact) mass is 287 g/mol. The van der Waals surface area contributed by atoms with Gasteiger partial charge in [0.25, 0.3) is 0 Å². The maximum Gasteiger partial charge on any atom is 0.393 e. The van der Waals surface area contributed by atoms with Gasteiger partial charge in [0.05, 0.1) is 12.5 Å². The zero-order valence-corrected chi connectivity index (χ0v) is 11.5. The minimum absolute atomic E-state index is 0.215. The zero-order chi connectivity index (χ0) is 14.6. The molecule has 0 heterocycles. The van der Waals surface area contributed by atoms with Crippen molar-refractivity contribution in [3.8, 4) is 5.75 Å². The highest BCUT2D eigenvalue weighted by Crippen LogP contribution is 2.39. The predicted octanol–water partition coefficient (Wildman–Crippen LogP) is 4.62. The van der Waals surface area contributed by atoms with Crippen LogP contribution in [-0.2, 0) is 0 Å². The summed E-state index contributed by atoms with van der Waals surface area (Å²) in [5.74, 6) is -0.580. The van der Waals surface area contributed by atoms with Crippen molar-refractivity contribution in [1.82, 2.24) is 0 Å². The lowest BCUT2D eigenvalue weighted by atomic mass is 9.84. The summed E-state index contributed by atoms with van der Waals surface area (Å²) in [6, 6.07) is 6.59. The van der Waals surface area contributed by atoms with Gasteiger partial charge < -0.3 is 10.1 Å². The van der Waals surface area contributed by atoms with E-state index in [9.17, 15) is 13.2 Å². The van der Waals surface area contributed by atoms with E-state index in [1.54, 1.807) is 24.3 Å². The SMILES string of the molecule is CCOc1cccc(NC2CCCCC2C(F)(F)F)c1. The van der Waals surface area contributed by atoms with Crippen molar-refractivity contribution >= 4 is 5.69 Å². The molecule has 0 radical (unpaired) electrons. The fourth-order valence-corrected chi connectivity index (χ4v) is 2.75. The molecule has 2 rings (SSSR count). The Morgan fingerprint density at radius 1 is 1.25 bits per heavy atom. The topological polar surface area (TPSA) is 21.3 Å². The third-order valence-electron chi connectivity index (χ3n) is 3.68. The Balaban J connectivity index is 2.08. The van der Waals surface area contributed by atoms with Crippen LogP contribution in [0.1, 0.15) is 32.6 Å². The minimum Gasteiger partial charge on any atom is -0.494 e. The number of ether oxygens (including phenoxy) is 1. The Morgan fingerprint density at radius 3 is 2.70 bits per heavy atom. The van der Waals surface area contributed by atoms with E-state index in [0.29, 0.717) is 30.9 Å². The zero-order valence-electron chi connectivity index (χ0n) is 11.5. The van der Waals surface area contributed by atoms with E-state index in [-0.39, 0.29) is 6.42 Å². The van der Waals surface area contributed by atoms with Crippen LogP contribution in [0, 0.1) is 5.92 Å². The van der Waals surface area contributed by atoms with Crippen LogP contribution in [0.2, 0.25) is 0 Å². The molecule has 1 aromatic rings. The van der Waals surface area contributed by atoms with Crippen LogP contribution in [-0.4, -0.2) is 18.8 Å². The summed E-state index contributed by atoms with van der Waals surface area (Å²) < 4.78 is 44.5. The average molecular weight is 287 g/mol. The van der Waals surface area contributed by atoms with Crippen molar-refractivity contribution in [2.24, 2.45) is 5.92 Å². The van der Waals surface area contributed by atoms with Gasteiger partial charge in [-0.1, -0.05) is 18.9 Å². The van der Waals surface area contributed by atoms with E-state index >= 15 is 0 Å². The van der Waals surface area contributed by atoms with Gasteiger partial charge in [-0.15, -0.1) is 0 Å². The lowest BCUT2D eigenvalue weighted by molar-refractivity contribution is -0.184. The number of hydrogen-bond acceptors (Lipinski definition) is 2. The van der Waals surface area contributed by atoms with Gasteiger partial charge in [-0.05, 0) is 31.9 Å². The number of nitrogens with one attached hydrogen (secondary N) is 1. The van der Waals surface area contributed by atoms with Crippen LogP contribution in [0.4, 0.5) is 18.9 Å². The Hall–Kier alpha value is -1.39. The number of anilines is 1. The molecule has 1 aromatic carbocycles. The summed E-state index contributed by atoms with van der Waals surface area (Å²) in [6.45, 7) is 2.42. The van der Waals surface area contributed by atoms with Crippen LogP contribution in [0.25, 0.3) is 0 Å². The lowest BCUT2D eigenvalue weighted by Gasteiger charge is -2.34. The molecule has 0 bridgehead atoms. The Bertz CT molecular complexity index is 433. The van der Waals surface area contributed by atoms with Gasteiger partial charge in [0.15, 0.2) is 0 Å². The summed E-state index contributed by atoms with van der Waals surface area (Å²) in [6.07, 6.45) is -1.86. The molecule has 0 amide bonds. The number of hydrogen-bond donors (Lipinski definition) is 1. The molecule has 5 heteroatoms. The first-order valence-electron chi connectivity index (χ1n) is 7.07. The molecule has 1 aliphatic carbocycles. The molecule has 0 aromatic heterocycles. The summed E-state index contributed by atoms with van der Waals surface area (Å²) in [5.41, 5.74) is 0.692. The van der Waals surface area contributed by atoms with Gasteiger partial charge in [-0.2, -0.15) is 13.2 Å². The Morgan fingerprint density at radius 2 is 2.00 bits per heavy atom. The molecular weight excluding hydrogens is 267 g/mol. The second-order valence-corrected chi connectivity index (χ2v) is 5.14. The van der Waals surface area contributed by atoms with Gasteiger partial charge in [-0.3, -0.25) is 0 Å². The van der Waals surface area contributed by atoms with E-state index < -0.39 is 18.1 Å². The molecule has 1 saturated carbocycles. The fourth-order valence-electron chi connectivity index (χ4n) is 2.75. The van der Waals surface area contributed by atoms with E-state index in [4.69, 9.17) is 4.74 Å². The smallest absolute Gasteiger partial charge is 0.393 e. The maximum atomic E-state index is 13.0. The summed E-state index contributed by atoms with van der Waals surface area (Å²) >= 11 is 0. The van der Waals surface area contributed by atoms with E-state index in [0.717, 1.165) is 6.42 Å². The number of benzene rings is 1. The average Bonchev–Trinajstić information content (AvgIpc) is 2.39. The van der Waals surface area contributed by atoms with Crippen LogP contribution >= 0.6 is 0 Å². The van der Waals surface area contributed by atoms with Crippen molar-refractivity contribution in [2.45, 2.75) is 44.8 Å². The highest BCUT2D eigenvalue weighted by atomic mass is 19.4. The van der Waals surface area contributed by atoms with Crippen molar-refractivity contribution in [2.75, 3.05) is 11.9 Å². The highest BCUT2D eigenvalue weighted by Gasteiger charge is 2.45. The van der Waals surface area contributed by atoms with Gasteiger partial charge in [0.1, 0.15) is 5.75 Å². The van der Waals surface area contributed by atoms with Gasteiger partial charge in [-0.25, -0.2) is 0 Å². The Labute approximate surface area is 117 Å². The molecule has 0 saturated heterocycles. The van der Waals surface area contributed by atoms with Crippen molar-refractivity contribution < 1.29 is 17.9 Å². The van der Waals surface area contributed by atoms with Crippen LogP contribution < -0.4 is 10.1 Å². The molecule has 1 aliphatic rings. The molecule has 1 fully saturated rings. The van der Waals surface area contributed by atoms with Crippen molar-refractivity contribution in [1.29, 1.82) is 0 Å². The van der Waals surface area contributed by atoms with Gasteiger partial charge >= 0.3 is 6.18 Å². The van der Waals surface area contributed by atoms with Crippen LogP contribution in [0.3, 0.4) is 0 Å². The third kappa shape index (κ3) is 3.81. The molecule has 112 valence electrons. The van der Waals surface area contributed by atoms with E-state index in [1.165, 1.54) is 0 Å². The number of halogens is 3. The fraction of sp³-hybridized carbons (Fsp3) is 0.600. The van der Waals surface area contributed by atoms with Gasteiger partial charge in [0.2, 0.25) is 0 Å². The molecule has 2 unspecified atom stereocenters.